The molecule has 16 heavy (non-hydrogen) atoms. The van der Waals surface area contributed by atoms with Crippen LogP contribution < -0.4 is 10.8 Å². The van der Waals surface area contributed by atoms with Crippen molar-refractivity contribution in [1.82, 2.24) is 10.8 Å². The smallest absolute Gasteiger partial charge is 0.254 e. The van der Waals surface area contributed by atoms with E-state index in [2.05, 4.69) is 5.32 Å². The molecule has 0 saturated carbocycles. The summed E-state index contributed by atoms with van der Waals surface area (Å²) in [6, 6.07) is 9.66. The number of benzene rings is 1. The van der Waals surface area contributed by atoms with Gasteiger partial charge in [-0.05, 0) is 31.5 Å². The van der Waals surface area contributed by atoms with Crippen LogP contribution in [0.4, 0.5) is 0 Å². The molecular formula is C12H16N2O2. The van der Waals surface area contributed by atoms with E-state index in [4.69, 9.17) is 5.21 Å². The highest BCUT2D eigenvalue weighted by Gasteiger charge is 2.40. The summed E-state index contributed by atoms with van der Waals surface area (Å²) in [7, 11) is 0. The molecule has 0 aromatic heterocycles. The molecule has 1 amide bonds. The molecule has 1 aliphatic heterocycles. The number of rotatable bonds is 2. The fraction of sp³-hybridized carbons (Fsp3) is 0.417. The Labute approximate surface area is 94.6 Å². The predicted octanol–water partition coefficient (Wildman–Crippen LogP) is 0.813. The van der Waals surface area contributed by atoms with Gasteiger partial charge in [0.25, 0.3) is 5.91 Å². The Morgan fingerprint density at radius 2 is 1.88 bits per heavy atom. The fourth-order valence-electron chi connectivity index (χ4n) is 2.36. The van der Waals surface area contributed by atoms with Gasteiger partial charge in [0.15, 0.2) is 0 Å². The molecule has 0 unspecified atom stereocenters. The minimum Gasteiger partial charge on any atom is -0.317 e. The molecule has 86 valence electrons. The van der Waals surface area contributed by atoms with E-state index in [1.54, 1.807) is 0 Å². The summed E-state index contributed by atoms with van der Waals surface area (Å²) < 4.78 is 0. The van der Waals surface area contributed by atoms with Crippen LogP contribution in [0.15, 0.2) is 30.3 Å². The first kappa shape index (κ1) is 11.1. The zero-order valence-corrected chi connectivity index (χ0v) is 9.07. The molecule has 1 aliphatic rings. The van der Waals surface area contributed by atoms with Gasteiger partial charge < -0.3 is 5.32 Å². The van der Waals surface area contributed by atoms with E-state index in [-0.39, 0.29) is 5.91 Å². The topological polar surface area (TPSA) is 61.4 Å². The van der Waals surface area contributed by atoms with Gasteiger partial charge in [0.2, 0.25) is 0 Å². The summed E-state index contributed by atoms with van der Waals surface area (Å²) >= 11 is 0. The minimum atomic E-state index is -0.582. The van der Waals surface area contributed by atoms with Crippen LogP contribution in [-0.4, -0.2) is 24.2 Å². The van der Waals surface area contributed by atoms with Crippen LogP contribution in [0.2, 0.25) is 0 Å². The van der Waals surface area contributed by atoms with Crippen molar-refractivity contribution in [2.24, 2.45) is 0 Å². The number of hydroxylamine groups is 1. The first-order valence-corrected chi connectivity index (χ1v) is 5.50. The van der Waals surface area contributed by atoms with Crippen LogP contribution in [0.25, 0.3) is 0 Å². The number of hydrogen-bond donors (Lipinski definition) is 3. The molecular weight excluding hydrogens is 204 g/mol. The SMILES string of the molecule is O=C(NO)C1(c2ccccc2)CCNCC1. The Bertz CT molecular complexity index is 359. The maximum Gasteiger partial charge on any atom is 0.254 e. The van der Waals surface area contributed by atoms with E-state index in [9.17, 15) is 4.79 Å². The van der Waals surface area contributed by atoms with Crippen LogP contribution >= 0.6 is 0 Å². The average molecular weight is 220 g/mol. The number of amides is 1. The molecule has 0 radical (unpaired) electrons. The molecule has 2 rings (SSSR count). The summed E-state index contributed by atoms with van der Waals surface area (Å²) in [6.07, 6.45) is 1.42. The fourth-order valence-corrected chi connectivity index (χ4v) is 2.36. The number of carbonyl (C=O) groups excluding carboxylic acids is 1. The van der Waals surface area contributed by atoms with Gasteiger partial charge in [-0.3, -0.25) is 10.0 Å². The van der Waals surface area contributed by atoms with Crippen molar-refractivity contribution in [1.29, 1.82) is 0 Å². The number of piperidine rings is 1. The largest absolute Gasteiger partial charge is 0.317 e. The van der Waals surface area contributed by atoms with Crippen molar-refractivity contribution in [2.75, 3.05) is 13.1 Å². The van der Waals surface area contributed by atoms with Crippen molar-refractivity contribution < 1.29 is 10.0 Å². The number of hydrogen-bond acceptors (Lipinski definition) is 3. The lowest BCUT2D eigenvalue weighted by Crippen LogP contribution is -2.50. The van der Waals surface area contributed by atoms with Gasteiger partial charge in [-0.15, -0.1) is 0 Å². The van der Waals surface area contributed by atoms with Gasteiger partial charge >= 0.3 is 0 Å². The molecule has 1 saturated heterocycles. The molecule has 3 N–H and O–H groups in total. The second-order valence-electron chi connectivity index (χ2n) is 4.14. The Kier molecular flexibility index (Phi) is 3.22. The molecule has 1 heterocycles. The predicted molar refractivity (Wildman–Crippen MR) is 60.2 cm³/mol. The van der Waals surface area contributed by atoms with Crippen molar-refractivity contribution in [2.45, 2.75) is 18.3 Å². The molecule has 0 spiro atoms. The zero-order chi connectivity index (χ0) is 11.4. The van der Waals surface area contributed by atoms with Gasteiger partial charge in [0, 0.05) is 0 Å². The summed E-state index contributed by atoms with van der Waals surface area (Å²) in [5, 5.41) is 12.1. The summed E-state index contributed by atoms with van der Waals surface area (Å²) in [5.41, 5.74) is 2.20. The highest BCUT2D eigenvalue weighted by molar-refractivity contribution is 5.87. The third-order valence-corrected chi connectivity index (χ3v) is 3.32. The lowest BCUT2D eigenvalue weighted by Gasteiger charge is -2.35. The van der Waals surface area contributed by atoms with Gasteiger partial charge in [-0.25, -0.2) is 5.48 Å². The van der Waals surface area contributed by atoms with Crippen molar-refractivity contribution in [3.8, 4) is 0 Å². The molecule has 0 bridgehead atoms. The standard InChI is InChI=1S/C12H16N2O2/c15-11(14-16)12(6-8-13-9-7-12)10-4-2-1-3-5-10/h1-5,13,16H,6-9H2,(H,14,15). The quantitative estimate of drug-likeness (QED) is 0.510. The molecule has 0 atom stereocenters. The maximum absolute atomic E-state index is 11.9. The van der Waals surface area contributed by atoms with Crippen LogP contribution in [0, 0.1) is 0 Å². The average Bonchev–Trinajstić information content (AvgIpc) is 2.39. The van der Waals surface area contributed by atoms with E-state index in [1.807, 2.05) is 35.8 Å². The first-order chi connectivity index (χ1) is 7.79. The van der Waals surface area contributed by atoms with Crippen LogP contribution in [0.1, 0.15) is 18.4 Å². The molecule has 1 fully saturated rings. The third kappa shape index (κ3) is 1.81. The summed E-state index contributed by atoms with van der Waals surface area (Å²) in [5.74, 6) is -0.305. The van der Waals surface area contributed by atoms with Crippen molar-refractivity contribution in [3.63, 3.8) is 0 Å². The Hall–Kier alpha value is -1.39. The Morgan fingerprint density at radius 3 is 2.44 bits per heavy atom. The Morgan fingerprint density at radius 1 is 1.25 bits per heavy atom. The molecule has 4 heteroatoms. The van der Waals surface area contributed by atoms with Gasteiger partial charge in [-0.1, -0.05) is 30.3 Å². The molecule has 1 aromatic carbocycles. The van der Waals surface area contributed by atoms with Gasteiger partial charge in [0.05, 0.1) is 5.41 Å². The van der Waals surface area contributed by atoms with Crippen LogP contribution in [0.3, 0.4) is 0 Å². The monoisotopic (exact) mass is 220 g/mol. The minimum absolute atomic E-state index is 0.305. The molecule has 4 nitrogen and oxygen atoms in total. The summed E-state index contributed by atoms with van der Waals surface area (Å²) in [6.45, 7) is 1.59. The highest BCUT2D eigenvalue weighted by atomic mass is 16.5. The normalized spacial score (nSPS) is 19.1. The van der Waals surface area contributed by atoms with Crippen molar-refractivity contribution >= 4 is 5.91 Å². The molecule has 1 aromatic rings. The lowest BCUT2D eigenvalue weighted by atomic mass is 9.72. The van der Waals surface area contributed by atoms with E-state index in [1.165, 1.54) is 0 Å². The summed E-state index contributed by atoms with van der Waals surface area (Å²) in [4.78, 5) is 11.9. The van der Waals surface area contributed by atoms with E-state index in [0.29, 0.717) is 12.8 Å². The Balaban J connectivity index is 2.38. The highest BCUT2D eigenvalue weighted by Crippen LogP contribution is 2.33. The number of carbonyl (C=O) groups is 1. The molecule has 0 aliphatic carbocycles. The van der Waals surface area contributed by atoms with Gasteiger partial charge in [0.1, 0.15) is 0 Å². The van der Waals surface area contributed by atoms with Gasteiger partial charge in [-0.2, -0.15) is 0 Å². The zero-order valence-electron chi connectivity index (χ0n) is 9.07. The maximum atomic E-state index is 11.9. The third-order valence-electron chi connectivity index (χ3n) is 3.32. The van der Waals surface area contributed by atoms with Crippen LogP contribution in [-0.2, 0) is 10.2 Å². The van der Waals surface area contributed by atoms with E-state index in [0.717, 1.165) is 18.7 Å². The van der Waals surface area contributed by atoms with Crippen LogP contribution in [0.5, 0.6) is 0 Å². The van der Waals surface area contributed by atoms with E-state index >= 15 is 0 Å². The number of nitrogens with one attached hydrogen (secondary N) is 2. The van der Waals surface area contributed by atoms with E-state index < -0.39 is 5.41 Å². The second kappa shape index (κ2) is 4.63. The second-order valence-corrected chi connectivity index (χ2v) is 4.14. The first-order valence-electron chi connectivity index (χ1n) is 5.50. The van der Waals surface area contributed by atoms with Crippen molar-refractivity contribution in [3.05, 3.63) is 35.9 Å². The lowest BCUT2D eigenvalue weighted by molar-refractivity contribution is -0.136.